The quantitative estimate of drug-likeness (QED) is 0.622. The molecule has 6 nitrogen and oxygen atoms in total. The molecule has 0 saturated carbocycles. The summed E-state index contributed by atoms with van der Waals surface area (Å²) < 4.78 is 15.2. The molecule has 0 aromatic heterocycles. The molecule has 76 valence electrons. The number of hydrogen-bond acceptors (Lipinski definition) is 4. The molecule has 1 atom stereocenters. The van der Waals surface area contributed by atoms with E-state index in [2.05, 4.69) is 4.52 Å². The lowest BCUT2D eigenvalue weighted by Crippen LogP contribution is -2.06. The maximum atomic E-state index is 10.9. The van der Waals surface area contributed by atoms with Crippen LogP contribution in [0.15, 0.2) is 0 Å². The molecule has 0 rings (SSSR count). The van der Waals surface area contributed by atoms with Gasteiger partial charge in [-0.15, -0.1) is 0 Å². The van der Waals surface area contributed by atoms with Crippen LogP contribution in [0.3, 0.4) is 0 Å². The van der Waals surface area contributed by atoms with Gasteiger partial charge >= 0.3 is 13.6 Å². The van der Waals surface area contributed by atoms with E-state index < -0.39 is 31.9 Å². The summed E-state index contributed by atoms with van der Waals surface area (Å²) in [7, 11) is -4.24. The highest BCUT2D eigenvalue weighted by Gasteiger charge is 2.29. The Morgan fingerprint density at radius 3 is 2.31 bits per heavy atom. The fourth-order valence-electron chi connectivity index (χ4n) is 0.602. The normalized spacial score (nSPS) is 14.9. The van der Waals surface area contributed by atoms with Crippen LogP contribution in [0.25, 0.3) is 0 Å². The molecular weight excluding hydrogens is 199 g/mol. The van der Waals surface area contributed by atoms with Crippen molar-refractivity contribution in [2.45, 2.75) is 19.8 Å². The topological polar surface area (TPSA) is 101 Å². The van der Waals surface area contributed by atoms with E-state index >= 15 is 0 Å². The molecule has 0 saturated heterocycles. The van der Waals surface area contributed by atoms with Gasteiger partial charge in [-0.1, -0.05) is 0 Å². The van der Waals surface area contributed by atoms with Crippen molar-refractivity contribution in [2.24, 2.45) is 0 Å². The van der Waals surface area contributed by atoms with Crippen LogP contribution >= 0.6 is 7.60 Å². The number of carbonyl (C=O) groups excluding carboxylic acids is 1. The molecule has 0 radical (unpaired) electrons. The highest BCUT2D eigenvalue weighted by molar-refractivity contribution is 7.70. The molecule has 0 aliphatic rings. The smallest absolute Gasteiger partial charge is 0.394 e. The van der Waals surface area contributed by atoms with Crippen molar-refractivity contribution in [1.29, 1.82) is 0 Å². The van der Waals surface area contributed by atoms with Crippen LogP contribution in [0.2, 0.25) is 0 Å². The summed E-state index contributed by atoms with van der Waals surface area (Å²) in [6.45, 7) is 1.40. The Balaban J connectivity index is 4.10. The number of hydrogen-bond donors (Lipinski definition) is 2. The summed E-state index contributed by atoms with van der Waals surface area (Å²) in [6, 6.07) is 0. The summed E-state index contributed by atoms with van der Waals surface area (Å²) in [5.74, 6) is -1.19. The van der Waals surface area contributed by atoms with Crippen LogP contribution in [0.5, 0.6) is 0 Å². The molecule has 0 bridgehead atoms. The molecule has 0 fully saturated rings. The van der Waals surface area contributed by atoms with E-state index in [1.165, 1.54) is 6.92 Å². The number of carbonyl (C=O) groups is 2. The van der Waals surface area contributed by atoms with Gasteiger partial charge in [0.1, 0.15) is 0 Å². The minimum atomic E-state index is -4.24. The Morgan fingerprint density at radius 2 is 1.92 bits per heavy atom. The van der Waals surface area contributed by atoms with Crippen molar-refractivity contribution >= 4 is 19.1 Å². The van der Waals surface area contributed by atoms with Crippen molar-refractivity contribution in [2.75, 3.05) is 6.61 Å². The van der Waals surface area contributed by atoms with E-state index in [-0.39, 0.29) is 6.61 Å². The van der Waals surface area contributed by atoms with Gasteiger partial charge in [0.15, 0.2) is 0 Å². The molecule has 0 aliphatic heterocycles. The molecule has 2 N–H and O–H groups in total. The predicted molar refractivity (Wildman–Crippen MR) is 43.3 cm³/mol. The molecule has 13 heavy (non-hydrogen) atoms. The fourth-order valence-corrected chi connectivity index (χ4v) is 1.49. The molecule has 0 spiro atoms. The first-order valence-electron chi connectivity index (χ1n) is 3.62. The minimum Gasteiger partial charge on any atom is -0.481 e. The average molecular weight is 210 g/mol. The van der Waals surface area contributed by atoms with E-state index in [1.807, 2.05) is 0 Å². The van der Waals surface area contributed by atoms with Crippen LogP contribution in [-0.2, 0) is 18.7 Å². The van der Waals surface area contributed by atoms with Gasteiger partial charge in [0, 0.05) is 6.42 Å². The van der Waals surface area contributed by atoms with Gasteiger partial charge in [0.25, 0.3) is 0 Å². The Hall–Kier alpha value is -0.710. The molecule has 0 aromatic rings. The summed E-state index contributed by atoms with van der Waals surface area (Å²) in [4.78, 5) is 29.8. The Morgan fingerprint density at radius 1 is 1.38 bits per heavy atom. The second kappa shape index (κ2) is 5.11. The summed E-state index contributed by atoms with van der Waals surface area (Å²) >= 11 is 0. The first kappa shape index (κ1) is 12.3. The van der Waals surface area contributed by atoms with E-state index in [1.54, 1.807) is 0 Å². The highest BCUT2D eigenvalue weighted by atomic mass is 31.2. The first-order chi connectivity index (χ1) is 5.90. The molecule has 0 heterocycles. The molecule has 7 heteroatoms. The number of carboxylic acid groups (broad SMARTS) is 1. The van der Waals surface area contributed by atoms with Crippen molar-refractivity contribution in [3.63, 3.8) is 0 Å². The van der Waals surface area contributed by atoms with Gasteiger partial charge in [0.2, 0.25) is 5.52 Å². The van der Waals surface area contributed by atoms with Crippen LogP contribution in [0, 0.1) is 0 Å². The van der Waals surface area contributed by atoms with Crippen molar-refractivity contribution < 1.29 is 28.7 Å². The van der Waals surface area contributed by atoms with E-state index in [0.29, 0.717) is 0 Å². The Labute approximate surface area is 75.1 Å². The summed E-state index contributed by atoms with van der Waals surface area (Å²) in [6.07, 6.45) is -0.945. The van der Waals surface area contributed by atoms with Crippen molar-refractivity contribution in [3.05, 3.63) is 0 Å². The van der Waals surface area contributed by atoms with Crippen LogP contribution in [0.1, 0.15) is 19.8 Å². The van der Waals surface area contributed by atoms with E-state index in [9.17, 15) is 14.2 Å². The lowest BCUT2D eigenvalue weighted by molar-refractivity contribution is -0.138. The monoisotopic (exact) mass is 210 g/mol. The summed E-state index contributed by atoms with van der Waals surface area (Å²) in [5, 5.41) is 8.19. The van der Waals surface area contributed by atoms with Crippen molar-refractivity contribution in [1.82, 2.24) is 0 Å². The van der Waals surface area contributed by atoms with Gasteiger partial charge in [-0.2, -0.15) is 0 Å². The third kappa shape index (κ3) is 4.77. The molecule has 0 aliphatic carbocycles. The maximum Gasteiger partial charge on any atom is 0.394 e. The van der Waals surface area contributed by atoms with Crippen LogP contribution in [-0.4, -0.2) is 28.1 Å². The Bertz CT molecular complexity index is 248. The molecule has 0 aromatic carbocycles. The third-order valence-corrected chi connectivity index (χ3v) is 2.63. The standard InChI is InChI=1S/C6H11O6P/c1-2-12-13(10,11)6(9)4-3-5(7)8/h2-4H2,1H3,(H,7,8)(H,10,11). The largest absolute Gasteiger partial charge is 0.481 e. The van der Waals surface area contributed by atoms with Gasteiger partial charge in [-0.25, -0.2) is 0 Å². The molecule has 0 amide bonds. The number of carboxylic acids is 1. The summed E-state index contributed by atoms with van der Waals surface area (Å²) in [5.41, 5.74) is -1.06. The van der Waals surface area contributed by atoms with Gasteiger partial charge in [-0.05, 0) is 6.92 Å². The molecule has 1 unspecified atom stereocenters. The fraction of sp³-hybridized carbons (Fsp3) is 0.667. The van der Waals surface area contributed by atoms with E-state index in [0.717, 1.165) is 0 Å². The first-order valence-corrected chi connectivity index (χ1v) is 5.20. The van der Waals surface area contributed by atoms with Gasteiger partial charge < -0.3 is 14.5 Å². The number of aliphatic carboxylic acids is 1. The average Bonchev–Trinajstić information content (AvgIpc) is 1.99. The maximum absolute atomic E-state index is 10.9. The lowest BCUT2D eigenvalue weighted by Gasteiger charge is -2.07. The van der Waals surface area contributed by atoms with Crippen LogP contribution < -0.4 is 0 Å². The zero-order chi connectivity index (χ0) is 10.5. The second-order valence-electron chi connectivity index (χ2n) is 2.23. The third-order valence-electron chi connectivity index (χ3n) is 1.17. The van der Waals surface area contributed by atoms with Crippen molar-refractivity contribution in [3.8, 4) is 0 Å². The highest BCUT2D eigenvalue weighted by Crippen LogP contribution is 2.43. The number of rotatable bonds is 6. The SMILES string of the molecule is CCOP(=O)(O)C(=O)CCC(=O)O. The predicted octanol–water partition coefficient (Wildman–Crippen LogP) is 0.600. The van der Waals surface area contributed by atoms with Gasteiger partial charge in [0.05, 0.1) is 13.0 Å². The molecular formula is C6H11O6P. The minimum absolute atomic E-state index is 0.0629. The van der Waals surface area contributed by atoms with Crippen LogP contribution in [0.4, 0.5) is 0 Å². The second-order valence-corrected chi connectivity index (χ2v) is 4.02. The Kier molecular flexibility index (Phi) is 4.83. The zero-order valence-corrected chi connectivity index (χ0v) is 7.99. The van der Waals surface area contributed by atoms with E-state index in [4.69, 9.17) is 10.00 Å². The zero-order valence-electron chi connectivity index (χ0n) is 7.10. The van der Waals surface area contributed by atoms with Gasteiger partial charge in [-0.3, -0.25) is 14.2 Å². The lowest BCUT2D eigenvalue weighted by atomic mass is 10.3.